The number of hydrogen-bond donors (Lipinski definition) is 1. The molecule has 0 amide bonds. The summed E-state index contributed by atoms with van der Waals surface area (Å²) in [5.74, 6) is 0. The molecule has 5 rings (SSSR count). The molecule has 1 saturated carbocycles. The summed E-state index contributed by atoms with van der Waals surface area (Å²) in [6.07, 6.45) is 5.45. The van der Waals surface area contributed by atoms with Gasteiger partial charge in [-0.3, -0.25) is 0 Å². The predicted molar refractivity (Wildman–Crippen MR) is 128 cm³/mol. The third-order valence-corrected chi connectivity index (χ3v) is 7.64. The predicted octanol–water partition coefficient (Wildman–Crippen LogP) is 7.59. The van der Waals surface area contributed by atoms with Crippen LogP contribution in [0.1, 0.15) is 74.1 Å². The van der Waals surface area contributed by atoms with Gasteiger partial charge in [0.15, 0.2) is 0 Å². The zero-order valence-corrected chi connectivity index (χ0v) is 20.0. The standard InChI is InChI=1S/C23H25F4N.C4H8.ClH/c1-21(24,23(25,26)27)18-9-10-19-17(14-18)8-11-20-22(19,12-5-13-28-20)15-16-6-3-2-4-7-16;1-2-4-3-1;/h2-4,6-7,9-10,14,20,28H,5,8,11-13,15H2,1H3;1-4H2;1H. The van der Waals surface area contributed by atoms with Gasteiger partial charge in [0.05, 0.1) is 0 Å². The SMILES string of the molecule is C1CCC1.CC(F)(c1ccc2c(c1)CCC1NCCCC21Cc1ccccc1)C(F)(F)F.Cl. The molecule has 1 saturated heterocycles. The highest BCUT2D eigenvalue weighted by molar-refractivity contribution is 5.85. The van der Waals surface area contributed by atoms with Gasteiger partial charge in [0, 0.05) is 11.5 Å². The Hall–Kier alpha value is -1.59. The summed E-state index contributed by atoms with van der Waals surface area (Å²) in [6.45, 7) is 1.58. The second kappa shape index (κ2) is 10.4. The zero-order valence-electron chi connectivity index (χ0n) is 19.2. The smallest absolute Gasteiger partial charge is 0.313 e. The van der Waals surface area contributed by atoms with Gasteiger partial charge in [0.1, 0.15) is 0 Å². The Morgan fingerprint density at radius 3 is 2.21 bits per heavy atom. The number of aryl methyl sites for hydroxylation is 1. The number of hydrogen-bond acceptors (Lipinski definition) is 1. The molecule has 3 aliphatic rings. The van der Waals surface area contributed by atoms with Crippen LogP contribution in [0.15, 0.2) is 48.5 Å². The first-order valence-corrected chi connectivity index (χ1v) is 11.9. The molecule has 0 radical (unpaired) electrons. The summed E-state index contributed by atoms with van der Waals surface area (Å²) in [4.78, 5) is 0. The van der Waals surface area contributed by atoms with Crippen molar-refractivity contribution in [1.29, 1.82) is 0 Å². The maximum absolute atomic E-state index is 14.5. The third-order valence-electron chi connectivity index (χ3n) is 7.64. The van der Waals surface area contributed by atoms with E-state index >= 15 is 0 Å². The van der Waals surface area contributed by atoms with Crippen molar-refractivity contribution in [2.75, 3.05) is 6.54 Å². The summed E-state index contributed by atoms with van der Waals surface area (Å²) in [5.41, 5.74) is -0.620. The van der Waals surface area contributed by atoms with E-state index in [-0.39, 0.29) is 23.4 Å². The molecule has 0 aromatic heterocycles. The van der Waals surface area contributed by atoms with Crippen molar-refractivity contribution < 1.29 is 17.6 Å². The average molecular weight is 484 g/mol. The number of rotatable bonds is 3. The summed E-state index contributed by atoms with van der Waals surface area (Å²) in [7, 11) is 0. The van der Waals surface area contributed by atoms with Gasteiger partial charge in [-0.1, -0.05) is 74.2 Å². The van der Waals surface area contributed by atoms with E-state index in [4.69, 9.17) is 0 Å². The number of fused-ring (bicyclic) bond motifs is 3. The number of piperidine rings is 1. The van der Waals surface area contributed by atoms with Gasteiger partial charge in [-0.25, -0.2) is 4.39 Å². The van der Waals surface area contributed by atoms with E-state index in [0.29, 0.717) is 19.4 Å². The number of halogens is 5. The maximum atomic E-state index is 14.5. The molecule has 33 heavy (non-hydrogen) atoms. The monoisotopic (exact) mass is 483 g/mol. The van der Waals surface area contributed by atoms with E-state index in [9.17, 15) is 17.6 Å². The fraction of sp³-hybridized carbons (Fsp3) is 0.556. The molecule has 0 spiro atoms. The van der Waals surface area contributed by atoms with Crippen LogP contribution in [0.25, 0.3) is 0 Å². The quantitative estimate of drug-likeness (QED) is 0.443. The Kier molecular flexibility index (Phi) is 8.16. The zero-order chi connectivity index (χ0) is 22.8. The minimum Gasteiger partial charge on any atom is -0.313 e. The van der Waals surface area contributed by atoms with Crippen molar-refractivity contribution in [3.05, 3.63) is 70.8 Å². The van der Waals surface area contributed by atoms with Crippen LogP contribution < -0.4 is 5.32 Å². The molecule has 3 atom stereocenters. The molecule has 2 aliphatic carbocycles. The largest absolute Gasteiger partial charge is 0.426 e. The third kappa shape index (κ3) is 5.24. The highest BCUT2D eigenvalue weighted by atomic mass is 35.5. The van der Waals surface area contributed by atoms with Crippen LogP contribution >= 0.6 is 12.4 Å². The molecular weight excluding hydrogens is 450 g/mol. The van der Waals surface area contributed by atoms with Crippen LogP contribution in [0.5, 0.6) is 0 Å². The molecular formula is C27H34ClF4N. The fourth-order valence-electron chi connectivity index (χ4n) is 5.31. The van der Waals surface area contributed by atoms with Crippen LogP contribution in [0.4, 0.5) is 17.6 Å². The number of nitrogens with one attached hydrogen (secondary N) is 1. The van der Waals surface area contributed by atoms with E-state index in [1.165, 1.54) is 43.4 Å². The summed E-state index contributed by atoms with van der Waals surface area (Å²) in [6, 6.07) is 15.1. The first-order chi connectivity index (χ1) is 15.2. The van der Waals surface area contributed by atoms with Crippen molar-refractivity contribution in [3.63, 3.8) is 0 Å². The molecule has 6 heteroatoms. The summed E-state index contributed by atoms with van der Waals surface area (Å²) in [5, 5.41) is 3.64. The second-order valence-corrected chi connectivity index (χ2v) is 9.75. The van der Waals surface area contributed by atoms with E-state index < -0.39 is 11.8 Å². The second-order valence-electron chi connectivity index (χ2n) is 9.75. The summed E-state index contributed by atoms with van der Waals surface area (Å²) >= 11 is 0. The van der Waals surface area contributed by atoms with Crippen LogP contribution in [-0.4, -0.2) is 18.8 Å². The normalized spacial score (nSPS) is 25.7. The molecule has 1 heterocycles. The van der Waals surface area contributed by atoms with Gasteiger partial charge in [-0.2, -0.15) is 13.2 Å². The minimum absolute atomic E-state index is 0. The molecule has 2 fully saturated rings. The molecule has 1 aliphatic heterocycles. The van der Waals surface area contributed by atoms with Crippen LogP contribution in [0.3, 0.4) is 0 Å². The average Bonchev–Trinajstić information content (AvgIpc) is 2.72. The van der Waals surface area contributed by atoms with Crippen molar-refractivity contribution >= 4 is 12.4 Å². The van der Waals surface area contributed by atoms with E-state index in [1.807, 2.05) is 18.2 Å². The molecule has 3 unspecified atom stereocenters. The van der Waals surface area contributed by atoms with E-state index in [2.05, 4.69) is 17.4 Å². The molecule has 2 aromatic carbocycles. The Balaban J connectivity index is 0.000000555. The molecule has 1 N–H and O–H groups in total. The molecule has 182 valence electrons. The molecule has 1 nitrogen and oxygen atoms in total. The number of benzene rings is 2. The van der Waals surface area contributed by atoms with Crippen LogP contribution in [0.2, 0.25) is 0 Å². The lowest BCUT2D eigenvalue weighted by atomic mass is 9.60. The highest BCUT2D eigenvalue weighted by Gasteiger charge is 2.54. The number of alkyl halides is 4. The lowest BCUT2D eigenvalue weighted by molar-refractivity contribution is -0.228. The lowest BCUT2D eigenvalue weighted by Gasteiger charge is -2.49. The van der Waals surface area contributed by atoms with Crippen molar-refractivity contribution in [1.82, 2.24) is 5.32 Å². The van der Waals surface area contributed by atoms with Gasteiger partial charge in [-0.15, -0.1) is 12.4 Å². The fourth-order valence-corrected chi connectivity index (χ4v) is 5.31. The van der Waals surface area contributed by atoms with Crippen molar-refractivity contribution in [2.45, 2.75) is 88.0 Å². The molecule has 0 bridgehead atoms. The van der Waals surface area contributed by atoms with Gasteiger partial charge in [-0.05, 0) is 67.8 Å². The minimum atomic E-state index is -4.92. The Morgan fingerprint density at radius 1 is 0.939 bits per heavy atom. The first kappa shape index (κ1) is 26.0. The topological polar surface area (TPSA) is 12.0 Å². The van der Waals surface area contributed by atoms with Gasteiger partial charge >= 0.3 is 6.18 Å². The van der Waals surface area contributed by atoms with Gasteiger partial charge in [0.2, 0.25) is 5.67 Å². The Labute approximate surface area is 200 Å². The lowest BCUT2D eigenvalue weighted by Crippen LogP contribution is -2.56. The Bertz CT molecular complexity index is 904. The van der Waals surface area contributed by atoms with Gasteiger partial charge in [0.25, 0.3) is 0 Å². The van der Waals surface area contributed by atoms with Crippen LogP contribution in [0, 0.1) is 0 Å². The van der Waals surface area contributed by atoms with Gasteiger partial charge < -0.3 is 5.32 Å². The van der Waals surface area contributed by atoms with Crippen molar-refractivity contribution in [3.8, 4) is 0 Å². The van der Waals surface area contributed by atoms with E-state index in [1.54, 1.807) is 6.07 Å². The molecule has 2 aromatic rings. The van der Waals surface area contributed by atoms with E-state index in [0.717, 1.165) is 43.4 Å². The van der Waals surface area contributed by atoms with Crippen LogP contribution in [-0.2, 0) is 23.9 Å². The maximum Gasteiger partial charge on any atom is 0.426 e. The highest BCUT2D eigenvalue weighted by Crippen LogP contribution is 2.48. The Morgan fingerprint density at radius 2 is 1.61 bits per heavy atom. The first-order valence-electron chi connectivity index (χ1n) is 11.9. The summed E-state index contributed by atoms with van der Waals surface area (Å²) < 4.78 is 54.1. The van der Waals surface area contributed by atoms with Crippen molar-refractivity contribution in [2.24, 2.45) is 0 Å².